The van der Waals surface area contributed by atoms with E-state index in [1.54, 1.807) is 6.08 Å². The van der Waals surface area contributed by atoms with Crippen LogP contribution in [0.2, 0.25) is 0 Å². The van der Waals surface area contributed by atoms with Crippen molar-refractivity contribution in [3.05, 3.63) is 71.3 Å². The van der Waals surface area contributed by atoms with Crippen LogP contribution in [0.15, 0.2) is 54.6 Å². The molecule has 0 aliphatic heterocycles. The molecule has 3 heteroatoms. The predicted molar refractivity (Wildman–Crippen MR) is 66.8 cm³/mol. The van der Waals surface area contributed by atoms with E-state index in [-0.39, 0.29) is 0 Å². The first kappa shape index (κ1) is 12.4. The van der Waals surface area contributed by atoms with E-state index < -0.39 is 11.7 Å². The molecule has 0 aliphatic carbocycles. The Balaban J connectivity index is 2.14. The molecule has 2 aromatic carbocycles. The van der Waals surface area contributed by atoms with Gasteiger partial charge in [-0.05, 0) is 23.3 Å². The summed E-state index contributed by atoms with van der Waals surface area (Å²) in [4.78, 5) is 0. The van der Waals surface area contributed by atoms with E-state index in [4.69, 9.17) is 0 Å². The van der Waals surface area contributed by atoms with E-state index in [0.717, 1.165) is 23.3 Å². The quantitative estimate of drug-likeness (QED) is 0.665. The van der Waals surface area contributed by atoms with Crippen LogP contribution < -0.4 is 0 Å². The van der Waals surface area contributed by atoms with E-state index in [1.807, 2.05) is 36.4 Å². The molecule has 0 aliphatic rings. The van der Waals surface area contributed by atoms with Gasteiger partial charge < -0.3 is 0 Å². The maximum absolute atomic E-state index is 12.4. The SMILES string of the molecule is FC(F)(F)c1ccc(C=Cc2ccccc2)cc1. The molecule has 2 aromatic rings. The number of alkyl halides is 3. The van der Waals surface area contributed by atoms with Gasteiger partial charge in [0, 0.05) is 0 Å². The number of rotatable bonds is 2. The summed E-state index contributed by atoms with van der Waals surface area (Å²) >= 11 is 0. The molecule has 0 N–H and O–H groups in total. The van der Waals surface area contributed by atoms with Crippen molar-refractivity contribution >= 4 is 12.2 Å². The Kier molecular flexibility index (Phi) is 3.51. The summed E-state index contributed by atoms with van der Waals surface area (Å²) < 4.78 is 37.1. The highest BCUT2D eigenvalue weighted by atomic mass is 19.4. The monoisotopic (exact) mass is 248 g/mol. The summed E-state index contributed by atoms with van der Waals surface area (Å²) in [5.41, 5.74) is 1.13. The average molecular weight is 248 g/mol. The van der Waals surface area contributed by atoms with Gasteiger partial charge in [0.05, 0.1) is 5.56 Å². The minimum atomic E-state index is -4.28. The Hall–Kier alpha value is -2.03. The first-order valence-corrected chi connectivity index (χ1v) is 5.46. The highest BCUT2D eigenvalue weighted by Gasteiger charge is 2.29. The Bertz CT molecular complexity index is 522. The smallest absolute Gasteiger partial charge is 0.166 e. The molecular formula is C15H11F3. The molecule has 0 heterocycles. The van der Waals surface area contributed by atoms with Gasteiger partial charge in [-0.1, -0.05) is 54.6 Å². The van der Waals surface area contributed by atoms with Gasteiger partial charge in [-0.3, -0.25) is 0 Å². The minimum Gasteiger partial charge on any atom is -0.166 e. The molecule has 0 bridgehead atoms. The van der Waals surface area contributed by atoms with Gasteiger partial charge in [-0.15, -0.1) is 0 Å². The van der Waals surface area contributed by atoms with Crippen molar-refractivity contribution in [1.29, 1.82) is 0 Å². The summed E-state index contributed by atoms with van der Waals surface area (Å²) in [6.45, 7) is 0. The lowest BCUT2D eigenvalue weighted by atomic mass is 10.1. The molecule has 0 saturated carbocycles. The normalized spacial score (nSPS) is 11.9. The maximum Gasteiger partial charge on any atom is 0.416 e. The average Bonchev–Trinajstić information content (AvgIpc) is 2.37. The van der Waals surface area contributed by atoms with Crippen molar-refractivity contribution in [1.82, 2.24) is 0 Å². The molecule has 0 radical (unpaired) electrons. The van der Waals surface area contributed by atoms with E-state index in [2.05, 4.69) is 0 Å². The third kappa shape index (κ3) is 3.23. The van der Waals surface area contributed by atoms with Gasteiger partial charge in [-0.2, -0.15) is 13.2 Å². The summed E-state index contributed by atoms with van der Waals surface area (Å²) in [6.07, 6.45) is -0.625. The van der Waals surface area contributed by atoms with E-state index in [9.17, 15) is 13.2 Å². The topological polar surface area (TPSA) is 0 Å². The fourth-order valence-corrected chi connectivity index (χ4v) is 1.54. The molecule has 0 nitrogen and oxygen atoms in total. The first-order valence-electron chi connectivity index (χ1n) is 5.46. The van der Waals surface area contributed by atoms with E-state index in [1.165, 1.54) is 12.1 Å². The Morgan fingerprint density at radius 3 is 1.67 bits per heavy atom. The molecule has 2 rings (SSSR count). The molecule has 0 spiro atoms. The number of hydrogen-bond donors (Lipinski definition) is 0. The van der Waals surface area contributed by atoms with Crippen molar-refractivity contribution < 1.29 is 13.2 Å². The third-order valence-corrected chi connectivity index (χ3v) is 2.51. The van der Waals surface area contributed by atoms with Crippen LogP contribution in [-0.2, 0) is 6.18 Å². The van der Waals surface area contributed by atoms with Crippen LogP contribution in [0.3, 0.4) is 0 Å². The van der Waals surface area contributed by atoms with Crippen LogP contribution in [0, 0.1) is 0 Å². The Morgan fingerprint density at radius 2 is 1.17 bits per heavy atom. The number of benzene rings is 2. The Morgan fingerprint density at radius 1 is 0.667 bits per heavy atom. The number of hydrogen-bond acceptors (Lipinski definition) is 0. The van der Waals surface area contributed by atoms with Gasteiger partial charge >= 0.3 is 6.18 Å². The van der Waals surface area contributed by atoms with Gasteiger partial charge in [0.15, 0.2) is 0 Å². The third-order valence-electron chi connectivity index (χ3n) is 2.51. The molecule has 0 aromatic heterocycles. The lowest BCUT2D eigenvalue weighted by molar-refractivity contribution is -0.137. The lowest BCUT2D eigenvalue weighted by Crippen LogP contribution is -2.03. The predicted octanol–water partition coefficient (Wildman–Crippen LogP) is 4.88. The van der Waals surface area contributed by atoms with Crippen LogP contribution in [0.25, 0.3) is 12.2 Å². The van der Waals surface area contributed by atoms with Crippen LogP contribution in [0.1, 0.15) is 16.7 Å². The fraction of sp³-hybridized carbons (Fsp3) is 0.0667. The Labute approximate surface area is 103 Å². The zero-order valence-electron chi connectivity index (χ0n) is 9.48. The second-order valence-electron chi connectivity index (χ2n) is 3.86. The molecule has 0 atom stereocenters. The van der Waals surface area contributed by atoms with Crippen molar-refractivity contribution in [2.45, 2.75) is 6.18 Å². The van der Waals surface area contributed by atoms with Crippen molar-refractivity contribution in [2.24, 2.45) is 0 Å². The molecular weight excluding hydrogens is 237 g/mol. The highest BCUT2D eigenvalue weighted by molar-refractivity contribution is 5.69. The van der Waals surface area contributed by atoms with Gasteiger partial charge in [0.1, 0.15) is 0 Å². The van der Waals surface area contributed by atoms with Crippen molar-refractivity contribution in [2.75, 3.05) is 0 Å². The minimum absolute atomic E-state index is 0.626. The zero-order chi connectivity index (χ0) is 13.0. The van der Waals surface area contributed by atoms with Gasteiger partial charge in [0.25, 0.3) is 0 Å². The standard InChI is InChI=1S/C15H11F3/c16-15(17,18)14-10-8-13(9-11-14)7-6-12-4-2-1-3-5-12/h1-11H. The molecule has 0 amide bonds. The largest absolute Gasteiger partial charge is 0.416 e. The highest BCUT2D eigenvalue weighted by Crippen LogP contribution is 2.29. The summed E-state index contributed by atoms with van der Waals surface area (Å²) in [6, 6.07) is 14.7. The summed E-state index contributed by atoms with van der Waals surface area (Å²) in [5, 5.41) is 0. The molecule has 0 fully saturated rings. The second kappa shape index (κ2) is 5.08. The van der Waals surface area contributed by atoms with Crippen molar-refractivity contribution in [3.8, 4) is 0 Å². The molecule has 0 unspecified atom stereocenters. The summed E-state index contributed by atoms with van der Waals surface area (Å²) in [5.74, 6) is 0. The van der Waals surface area contributed by atoms with E-state index in [0.29, 0.717) is 0 Å². The maximum atomic E-state index is 12.4. The molecule has 18 heavy (non-hydrogen) atoms. The van der Waals surface area contributed by atoms with Gasteiger partial charge in [0.2, 0.25) is 0 Å². The fourth-order valence-electron chi connectivity index (χ4n) is 1.54. The first-order chi connectivity index (χ1) is 8.55. The van der Waals surface area contributed by atoms with Crippen LogP contribution >= 0.6 is 0 Å². The molecule has 92 valence electrons. The number of halogens is 3. The van der Waals surface area contributed by atoms with E-state index >= 15 is 0 Å². The second-order valence-corrected chi connectivity index (χ2v) is 3.86. The zero-order valence-corrected chi connectivity index (χ0v) is 9.48. The van der Waals surface area contributed by atoms with Crippen molar-refractivity contribution in [3.63, 3.8) is 0 Å². The van der Waals surface area contributed by atoms with Gasteiger partial charge in [-0.25, -0.2) is 0 Å². The summed E-state index contributed by atoms with van der Waals surface area (Å²) in [7, 11) is 0. The lowest BCUT2D eigenvalue weighted by Gasteiger charge is -2.05. The van der Waals surface area contributed by atoms with Crippen LogP contribution in [0.5, 0.6) is 0 Å². The van der Waals surface area contributed by atoms with Crippen LogP contribution in [0.4, 0.5) is 13.2 Å². The molecule has 0 saturated heterocycles. The van der Waals surface area contributed by atoms with Crippen LogP contribution in [-0.4, -0.2) is 0 Å².